The minimum atomic E-state index is -1.51. The van der Waals surface area contributed by atoms with Crippen LogP contribution < -0.4 is 0 Å². The van der Waals surface area contributed by atoms with Gasteiger partial charge in [0.15, 0.2) is 24.6 Å². The summed E-state index contributed by atoms with van der Waals surface area (Å²) in [5.41, 5.74) is 0. The van der Waals surface area contributed by atoms with Crippen LogP contribution in [0.15, 0.2) is 0 Å². The molecule has 1 heterocycles. The van der Waals surface area contributed by atoms with E-state index < -0.39 is 80.6 Å². The second kappa shape index (κ2) is 31.5. The smallest absolute Gasteiger partial charge is 0.306 e. The van der Waals surface area contributed by atoms with Crippen LogP contribution in [0.5, 0.6) is 0 Å². The summed E-state index contributed by atoms with van der Waals surface area (Å²) in [4.78, 5) is 38.4. The van der Waals surface area contributed by atoms with Gasteiger partial charge in [-0.1, -0.05) is 142 Å². The first-order chi connectivity index (χ1) is 25.2. The van der Waals surface area contributed by atoms with E-state index in [1.807, 2.05) is 0 Å². The SMILES string of the molecule is CCCCCCCCCCCCCC(=O)O[C@@H]1[C@H](OC(=O)CCCCCCCCCCCCC)[C@H](OC[C@@H](O)[C@H](O)CO)O[C@H](CO)[C@H]1OC(C)=O. The monoisotopic (exact) mass is 747 g/mol. The Morgan fingerprint density at radius 2 is 0.962 bits per heavy atom. The fourth-order valence-electron chi connectivity index (χ4n) is 6.47. The van der Waals surface area contributed by atoms with Crippen molar-refractivity contribution in [2.45, 2.75) is 218 Å². The molecule has 52 heavy (non-hydrogen) atoms. The number of unbranched alkanes of at least 4 members (excludes halogenated alkanes) is 20. The molecule has 0 aromatic carbocycles. The first-order valence-electron chi connectivity index (χ1n) is 20.6. The third kappa shape index (κ3) is 22.4. The van der Waals surface area contributed by atoms with Crippen LogP contribution in [0.4, 0.5) is 0 Å². The zero-order valence-electron chi connectivity index (χ0n) is 32.7. The zero-order valence-corrected chi connectivity index (χ0v) is 32.7. The molecular weight excluding hydrogens is 672 g/mol. The molecule has 1 aliphatic rings. The molecule has 1 fully saturated rings. The van der Waals surface area contributed by atoms with E-state index in [4.69, 9.17) is 23.7 Å². The van der Waals surface area contributed by atoms with Gasteiger partial charge in [-0.25, -0.2) is 0 Å². The lowest BCUT2D eigenvalue weighted by molar-refractivity contribution is -0.312. The predicted octanol–water partition coefficient (Wildman–Crippen LogP) is 6.59. The summed E-state index contributed by atoms with van der Waals surface area (Å²) in [6.07, 6.45) is 15.0. The average Bonchev–Trinajstić information content (AvgIpc) is 3.12. The lowest BCUT2D eigenvalue weighted by Crippen LogP contribution is -2.63. The molecule has 0 radical (unpaired) electrons. The molecule has 12 heteroatoms. The van der Waals surface area contributed by atoms with Gasteiger partial charge in [-0.05, 0) is 12.8 Å². The van der Waals surface area contributed by atoms with Gasteiger partial charge in [0.25, 0.3) is 0 Å². The molecule has 1 saturated heterocycles. The molecule has 0 saturated carbocycles. The van der Waals surface area contributed by atoms with Gasteiger partial charge >= 0.3 is 17.9 Å². The van der Waals surface area contributed by atoms with Crippen molar-refractivity contribution in [3.05, 3.63) is 0 Å². The summed E-state index contributed by atoms with van der Waals surface area (Å²) in [5.74, 6) is -1.90. The second-order valence-electron chi connectivity index (χ2n) is 14.4. The van der Waals surface area contributed by atoms with Crippen LogP contribution in [0, 0.1) is 0 Å². The summed E-state index contributed by atoms with van der Waals surface area (Å²) in [7, 11) is 0. The molecule has 0 amide bonds. The van der Waals surface area contributed by atoms with Gasteiger partial charge in [0.1, 0.15) is 18.3 Å². The molecule has 306 valence electrons. The van der Waals surface area contributed by atoms with Crippen molar-refractivity contribution in [3.8, 4) is 0 Å². The highest BCUT2D eigenvalue weighted by Gasteiger charge is 2.52. The van der Waals surface area contributed by atoms with Gasteiger partial charge in [0.2, 0.25) is 0 Å². The molecule has 0 bridgehead atoms. The van der Waals surface area contributed by atoms with Crippen molar-refractivity contribution in [1.29, 1.82) is 0 Å². The number of hydrogen-bond donors (Lipinski definition) is 4. The summed E-state index contributed by atoms with van der Waals surface area (Å²) in [6, 6.07) is 0. The van der Waals surface area contributed by atoms with Crippen molar-refractivity contribution in [2.75, 3.05) is 19.8 Å². The van der Waals surface area contributed by atoms with Gasteiger partial charge in [0, 0.05) is 19.8 Å². The Morgan fingerprint density at radius 3 is 1.35 bits per heavy atom. The van der Waals surface area contributed by atoms with E-state index in [2.05, 4.69) is 13.8 Å². The average molecular weight is 747 g/mol. The Hall–Kier alpha value is -1.83. The standard InChI is InChI=1S/C40H74O12/c1-4-6-8-10-12-14-16-18-20-22-24-26-35(46)51-38-37(49-31(3)43)34(29-42)50-40(48-30-33(45)32(44)28-41)39(38)52-36(47)27-25-23-21-19-17-15-13-11-9-7-5-2/h32-34,37-42,44-45H,4-30H2,1-3H3/t32-,33-,34-,37-,38+,39+,40-/m1/s1. The van der Waals surface area contributed by atoms with Crippen molar-refractivity contribution < 1.29 is 58.5 Å². The van der Waals surface area contributed by atoms with Crippen molar-refractivity contribution in [2.24, 2.45) is 0 Å². The van der Waals surface area contributed by atoms with Gasteiger partial charge in [-0.3, -0.25) is 14.4 Å². The third-order valence-electron chi connectivity index (χ3n) is 9.64. The molecule has 0 aliphatic carbocycles. The lowest BCUT2D eigenvalue weighted by atomic mass is 9.98. The number of carbonyl (C=O) groups is 3. The fraction of sp³-hybridized carbons (Fsp3) is 0.925. The summed E-state index contributed by atoms with van der Waals surface area (Å²) in [6.45, 7) is 3.69. The number of rotatable bonds is 33. The van der Waals surface area contributed by atoms with Gasteiger partial charge in [-0.2, -0.15) is 0 Å². The number of aliphatic hydroxyl groups excluding tert-OH is 4. The Kier molecular flexibility index (Phi) is 29.2. The van der Waals surface area contributed by atoms with E-state index >= 15 is 0 Å². The van der Waals surface area contributed by atoms with E-state index in [0.29, 0.717) is 12.8 Å². The maximum Gasteiger partial charge on any atom is 0.306 e. The third-order valence-corrected chi connectivity index (χ3v) is 9.64. The van der Waals surface area contributed by atoms with E-state index in [1.165, 1.54) is 96.8 Å². The topological polar surface area (TPSA) is 178 Å². The zero-order chi connectivity index (χ0) is 38.4. The van der Waals surface area contributed by atoms with E-state index in [1.54, 1.807) is 0 Å². The minimum Gasteiger partial charge on any atom is -0.456 e. The molecule has 0 aromatic heterocycles. The van der Waals surface area contributed by atoms with Crippen LogP contribution in [0.1, 0.15) is 175 Å². The number of hydrogen-bond acceptors (Lipinski definition) is 12. The highest BCUT2D eigenvalue weighted by atomic mass is 16.7. The Labute approximate surface area is 313 Å². The second-order valence-corrected chi connectivity index (χ2v) is 14.4. The Balaban J connectivity index is 2.85. The predicted molar refractivity (Wildman–Crippen MR) is 198 cm³/mol. The van der Waals surface area contributed by atoms with E-state index in [0.717, 1.165) is 38.5 Å². The molecule has 7 atom stereocenters. The van der Waals surface area contributed by atoms with Crippen LogP contribution >= 0.6 is 0 Å². The van der Waals surface area contributed by atoms with Crippen LogP contribution in [-0.4, -0.2) is 101 Å². The molecule has 12 nitrogen and oxygen atoms in total. The van der Waals surface area contributed by atoms with Crippen molar-refractivity contribution in [1.82, 2.24) is 0 Å². The maximum absolute atomic E-state index is 13.2. The van der Waals surface area contributed by atoms with E-state index in [9.17, 15) is 34.8 Å². The van der Waals surface area contributed by atoms with Crippen molar-refractivity contribution >= 4 is 17.9 Å². The summed E-state index contributed by atoms with van der Waals surface area (Å²) >= 11 is 0. The van der Waals surface area contributed by atoms with Crippen molar-refractivity contribution in [3.63, 3.8) is 0 Å². The van der Waals surface area contributed by atoms with Gasteiger partial charge in [-0.15, -0.1) is 0 Å². The normalized spacial score (nSPS) is 21.4. The first-order valence-corrected chi connectivity index (χ1v) is 20.6. The van der Waals surface area contributed by atoms with Gasteiger partial charge < -0.3 is 44.1 Å². The van der Waals surface area contributed by atoms with Crippen LogP contribution in [0.25, 0.3) is 0 Å². The van der Waals surface area contributed by atoms with E-state index in [-0.39, 0.29) is 12.8 Å². The minimum absolute atomic E-state index is 0.0904. The number of aliphatic hydroxyl groups is 4. The maximum atomic E-state index is 13.2. The lowest BCUT2D eigenvalue weighted by Gasteiger charge is -2.44. The quantitative estimate of drug-likeness (QED) is 0.0322. The molecular formula is C40H74O12. The number of esters is 3. The number of carbonyl (C=O) groups excluding carboxylic acids is 3. The fourth-order valence-corrected chi connectivity index (χ4v) is 6.47. The highest BCUT2D eigenvalue weighted by molar-refractivity contribution is 5.71. The molecule has 0 aromatic rings. The molecule has 1 aliphatic heterocycles. The van der Waals surface area contributed by atoms with Crippen LogP contribution in [0.2, 0.25) is 0 Å². The van der Waals surface area contributed by atoms with Crippen LogP contribution in [0.3, 0.4) is 0 Å². The Morgan fingerprint density at radius 1 is 0.558 bits per heavy atom. The van der Waals surface area contributed by atoms with Crippen LogP contribution in [-0.2, 0) is 38.1 Å². The number of ether oxygens (including phenoxy) is 5. The largest absolute Gasteiger partial charge is 0.456 e. The molecule has 0 unspecified atom stereocenters. The molecule has 1 rings (SSSR count). The molecule has 4 N–H and O–H groups in total. The highest BCUT2D eigenvalue weighted by Crippen LogP contribution is 2.30. The Bertz CT molecular complexity index is 902. The summed E-state index contributed by atoms with van der Waals surface area (Å²) < 4.78 is 28.7. The summed E-state index contributed by atoms with van der Waals surface area (Å²) in [5, 5.41) is 39.4. The first kappa shape index (κ1) is 48.2. The molecule has 0 spiro atoms. The van der Waals surface area contributed by atoms with Gasteiger partial charge in [0.05, 0.1) is 19.8 Å².